The van der Waals surface area contributed by atoms with Crippen LogP contribution >= 0.6 is 0 Å². The smallest absolute Gasteiger partial charge is 0.115 e. The Bertz CT molecular complexity index is 358. The molecule has 0 aromatic heterocycles. The van der Waals surface area contributed by atoms with Crippen LogP contribution in [-0.2, 0) is 0 Å². The van der Waals surface area contributed by atoms with Crippen LogP contribution in [-0.4, -0.2) is 5.11 Å². The van der Waals surface area contributed by atoms with Gasteiger partial charge in [-0.15, -0.1) is 0 Å². The van der Waals surface area contributed by atoms with E-state index in [1.54, 1.807) is 50.7 Å². The van der Waals surface area contributed by atoms with Crippen molar-refractivity contribution in [3.05, 3.63) is 29.8 Å². The molecule has 1 heteroatoms. The number of rotatable bonds is 0. The Morgan fingerprint density at radius 2 is 1.44 bits per heavy atom. The Hall–Kier alpha value is -0.980. The molecular weight excluding hydrogens is 220 g/mol. The highest BCUT2D eigenvalue weighted by molar-refractivity contribution is 5.24. The van der Waals surface area contributed by atoms with Gasteiger partial charge in [0.25, 0.3) is 0 Å². The average Bonchev–Trinajstić information content (AvgIpc) is 3.05. The minimum atomic E-state index is 0.329. The molecule has 3 saturated carbocycles. The summed E-state index contributed by atoms with van der Waals surface area (Å²) >= 11 is 0. The van der Waals surface area contributed by atoms with Gasteiger partial charge in [0.15, 0.2) is 0 Å². The fraction of sp³-hybridized carbons (Fsp3) is 0.647. The number of benzene rings is 1. The fourth-order valence-corrected chi connectivity index (χ4v) is 4.56. The van der Waals surface area contributed by atoms with E-state index in [1.165, 1.54) is 29.2 Å². The summed E-state index contributed by atoms with van der Waals surface area (Å²) in [6, 6.07) is 7.09. The van der Waals surface area contributed by atoms with E-state index in [4.69, 9.17) is 5.11 Å². The summed E-state index contributed by atoms with van der Waals surface area (Å²) in [7, 11) is 0. The van der Waals surface area contributed by atoms with Gasteiger partial charge >= 0.3 is 0 Å². The monoisotopic (exact) mass is 244 g/mol. The predicted octanol–water partition coefficient (Wildman–Crippen LogP) is 4.53. The van der Waals surface area contributed by atoms with Crippen LogP contribution in [0.3, 0.4) is 0 Å². The fourth-order valence-electron chi connectivity index (χ4n) is 4.56. The van der Waals surface area contributed by atoms with Gasteiger partial charge in [-0.05, 0) is 74.8 Å². The number of phenols is 1. The van der Waals surface area contributed by atoms with E-state index >= 15 is 0 Å². The van der Waals surface area contributed by atoms with Crippen molar-refractivity contribution in [2.24, 2.45) is 23.7 Å². The van der Waals surface area contributed by atoms with Crippen molar-refractivity contribution in [2.45, 2.75) is 45.4 Å². The van der Waals surface area contributed by atoms with E-state index in [1.807, 2.05) is 19.1 Å². The molecule has 18 heavy (non-hydrogen) atoms. The van der Waals surface area contributed by atoms with Gasteiger partial charge in [0.05, 0.1) is 0 Å². The largest absolute Gasteiger partial charge is 0.508 e. The molecule has 1 N–H and O–H groups in total. The van der Waals surface area contributed by atoms with Gasteiger partial charge in [-0.25, -0.2) is 0 Å². The quantitative estimate of drug-likeness (QED) is 0.710. The number of hydrogen-bond donors (Lipinski definition) is 1. The van der Waals surface area contributed by atoms with E-state index in [2.05, 4.69) is 0 Å². The van der Waals surface area contributed by atoms with Crippen LogP contribution in [0.25, 0.3) is 0 Å². The maximum atomic E-state index is 8.76. The van der Waals surface area contributed by atoms with Gasteiger partial charge in [-0.1, -0.05) is 24.1 Å². The first-order valence-electron chi connectivity index (χ1n) is 7.49. The molecule has 98 valence electrons. The van der Waals surface area contributed by atoms with E-state index in [-0.39, 0.29) is 0 Å². The number of aryl methyl sites for hydroxylation is 1. The second-order valence-electron chi connectivity index (χ2n) is 6.43. The molecule has 1 aromatic carbocycles. The van der Waals surface area contributed by atoms with Crippen LogP contribution in [0.2, 0.25) is 0 Å². The number of aromatic hydroxyl groups is 1. The van der Waals surface area contributed by atoms with Crippen LogP contribution in [0.15, 0.2) is 24.3 Å². The Morgan fingerprint density at radius 3 is 1.94 bits per heavy atom. The summed E-state index contributed by atoms with van der Waals surface area (Å²) < 4.78 is 0. The number of phenolic OH excluding ortho intramolecular Hbond substituents is 1. The van der Waals surface area contributed by atoms with Crippen molar-refractivity contribution in [1.82, 2.24) is 0 Å². The highest BCUT2D eigenvalue weighted by Gasteiger charge is 2.48. The molecular formula is C17H24O. The van der Waals surface area contributed by atoms with Crippen molar-refractivity contribution in [3.8, 4) is 5.75 Å². The zero-order chi connectivity index (χ0) is 12.5. The molecule has 2 bridgehead atoms. The Morgan fingerprint density at radius 1 is 0.889 bits per heavy atom. The first kappa shape index (κ1) is 12.1. The Kier molecular flexibility index (Phi) is 3.32. The SMILES string of the molecule is C1CC2C3CCC(C3)C2C1.Cc1ccc(O)cc1. The van der Waals surface area contributed by atoms with Gasteiger partial charge in [-0.2, -0.15) is 0 Å². The lowest BCUT2D eigenvalue weighted by Crippen LogP contribution is -2.15. The second kappa shape index (κ2) is 4.95. The predicted molar refractivity (Wildman–Crippen MR) is 74.5 cm³/mol. The molecule has 0 heterocycles. The Labute approximate surface area is 110 Å². The maximum Gasteiger partial charge on any atom is 0.115 e. The van der Waals surface area contributed by atoms with Crippen LogP contribution in [0.5, 0.6) is 5.75 Å². The first-order valence-corrected chi connectivity index (χ1v) is 7.49. The molecule has 3 fully saturated rings. The molecule has 3 aliphatic carbocycles. The molecule has 4 unspecified atom stereocenters. The highest BCUT2D eigenvalue weighted by atomic mass is 16.3. The van der Waals surface area contributed by atoms with Gasteiger partial charge in [0.2, 0.25) is 0 Å². The van der Waals surface area contributed by atoms with Crippen molar-refractivity contribution >= 4 is 0 Å². The molecule has 4 atom stereocenters. The van der Waals surface area contributed by atoms with Crippen LogP contribution < -0.4 is 0 Å². The summed E-state index contributed by atoms with van der Waals surface area (Å²) in [6.45, 7) is 1.99. The van der Waals surface area contributed by atoms with Gasteiger partial charge in [0.1, 0.15) is 5.75 Å². The molecule has 3 aliphatic rings. The van der Waals surface area contributed by atoms with Gasteiger partial charge in [-0.3, -0.25) is 0 Å². The third kappa shape index (κ3) is 2.28. The van der Waals surface area contributed by atoms with E-state index in [0.717, 1.165) is 0 Å². The molecule has 1 aromatic rings. The van der Waals surface area contributed by atoms with E-state index < -0.39 is 0 Å². The van der Waals surface area contributed by atoms with Crippen molar-refractivity contribution in [3.63, 3.8) is 0 Å². The van der Waals surface area contributed by atoms with Crippen molar-refractivity contribution in [2.75, 3.05) is 0 Å². The van der Waals surface area contributed by atoms with Crippen LogP contribution in [0.1, 0.15) is 44.1 Å². The summed E-state index contributed by atoms with van der Waals surface area (Å²) in [5.74, 6) is 5.13. The molecule has 4 rings (SSSR count). The van der Waals surface area contributed by atoms with Crippen LogP contribution in [0, 0.1) is 30.6 Å². The minimum absolute atomic E-state index is 0.329. The second-order valence-corrected chi connectivity index (χ2v) is 6.43. The summed E-state index contributed by atoms with van der Waals surface area (Å²) in [6.07, 6.45) is 9.53. The maximum absolute atomic E-state index is 8.76. The lowest BCUT2D eigenvalue weighted by atomic mass is 9.82. The first-order chi connectivity index (χ1) is 8.74. The summed E-state index contributed by atoms with van der Waals surface area (Å²) in [4.78, 5) is 0. The average molecular weight is 244 g/mol. The molecule has 0 radical (unpaired) electrons. The van der Waals surface area contributed by atoms with E-state index in [0.29, 0.717) is 5.75 Å². The normalized spacial score (nSPS) is 36.1. The van der Waals surface area contributed by atoms with Gasteiger partial charge < -0.3 is 5.11 Å². The molecule has 0 aliphatic heterocycles. The molecule has 1 nitrogen and oxygen atoms in total. The van der Waals surface area contributed by atoms with Crippen molar-refractivity contribution < 1.29 is 5.11 Å². The molecule has 0 spiro atoms. The summed E-state index contributed by atoms with van der Waals surface area (Å²) in [5.41, 5.74) is 1.17. The third-order valence-electron chi connectivity index (χ3n) is 5.38. The molecule has 0 amide bonds. The lowest BCUT2D eigenvalue weighted by molar-refractivity contribution is 0.259. The summed E-state index contributed by atoms with van der Waals surface area (Å²) in [5, 5.41) is 8.76. The van der Waals surface area contributed by atoms with Crippen molar-refractivity contribution in [1.29, 1.82) is 0 Å². The topological polar surface area (TPSA) is 20.2 Å². The zero-order valence-corrected chi connectivity index (χ0v) is 11.3. The van der Waals surface area contributed by atoms with Gasteiger partial charge in [0, 0.05) is 0 Å². The zero-order valence-electron chi connectivity index (χ0n) is 11.3. The van der Waals surface area contributed by atoms with E-state index in [9.17, 15) is 0 Å². The van der Waals surface area contributed by atoms with Crippen LogP contribution in [0.4, 0.5) is 0 Å². The third-order valence-corrected chi connectivity index (χ3v) is 5.38. The number of hydrogen-bond acceptors (Lipinski definition) is 1. The number of fused-ring (bicyclic) bond motifs is 5. The highest BCUT2D eigenvalue weighted by Crippen LogP contribution is 2.58. The standard InChI is InChI=1S/C10H16.C7H8O/c1-2-9-7-4-5-8(6-7)10(9)3-1;1-6-2-4-7(8)5-3-6/h7-10H,1-6H2;2-5,8H,1H3. The lowest BCUT2D eigenvalue weighted by Gasteiger charge is -2.23. The minimum Gasteiger partial charge on any atom is -0.508 e. The Balaban J connectivity index is 0.000000115. The molecule has 0 saturated heterocycles.